The van der Waals surface area contributed by atoms with Crippen LogP contribution in [0.5, 0.6) is 5.88 Å². The molecule has 7 rings (SSSR count). The van der Waals surface area contributed by atoms with E-state index in [2.05, 4.69) is 20.3 Å². The molecule has 2 aliphatic rings. The number of carbonyl (C=O) groups is 1. The van der Waals surface area contributed by atoms with Crippen molar-refractivity contribution < 1.29 is 36.9 Å². The number of halogens is 5. The highest BCUT2D eigenvalue weighted by atomic mass is 35.5. The number of imidazole rings is 1. The number of ether oxygens (including phenoxy) is 2. The summed E-state index contributed by atoms with van der Waals surface area (Å²) in [6.45, 7) is 1.98. The standard InChI is InChI=1S/C32H29ClF4N8O4/c33-21-2-1-19(24(34)11-21)17-49-31-23(32(35,36)37)9-18-3-6-43(14-26(18)40-31)16-28-39-25-10-20(27-15-44(42-41-27)7-4-29(46)47)12-38-30(25)45(28)13-22-5-8-48-22/h1-2,9-12,15,22H,3-8,13-14,16-17H2,(H,46,47)/t22-/m0/s1. The van der Waals surface area contributed by atoms with E-state index in [1.54, 1.807) is 12.4 Å². The van der Waals surface area contributed by atoms with Gasteiger partial charge in [-0.15, -0.1) is 5.10 Å². The smallest absolute Gasteiger partial charge is 0.421 e. The summed E-state index contributed by atoms with van der Waals surface area (Å²) >= 11 is 5.81. The Labute approximate surface area is 281 Å². The van der Waals surface area contributed by atoms with Gasteiger partial charge in [0, 0.05) is 42.0 Å². The van der Waals surface area contributed by atoms with E-state index in [4.69, 9.17) is 31.2 Å². The van der Waals surface area contributed by atoms with Crippen molar-refractivity contribution >= 4 is 28.7 Å². The highest BCUT2D eigenvalue weighted by molar-refractivity contribution is 6.30. The highest BCUT2D eigenvalue weighted by Crippen LogP contribution is 2.38. The van der Waals surface area contributed by atoms with Crippen molar-refractivity contribution in [3.63, 3.8) is 0 Å². The Bertz CT molecular complexity index is 2030. The molecule has 0 amide bonds. The van der Waals surface area contributed by atoms with Gasteiger partial charge in [-0.25, -0.2) is 19.3 Å². The fraction of sp³-hybridized carbons (Fsp3) is 0.375. The maximum absolute atomic E-state index is 14.3. The Morgan fingerprint density at radius 3 is 2.76 bits per heavy atom. The Hall–Kier alpha value is -4.67. The molecule has 5 aromatic rings. The Balaban J connectivity index is 1.14. The number of pyridine rings is 2. The van der Waals surface area contributed by atoms with Crippen molar-refractivity contribution in [1.82, 2.24) is 39.4 Å². The van der Waals surface area contributed by atoms with Crippen LogP contribution < -0.4 is 4.74 Å². The van der Waals surface area contributed by atoms with E-state index in [1.807, 2.05) is 15.5 Å². The molecular formula is C32H29ClF4N8O4. The number of nitrogens with zero attached hydrogens (tertiary/aromatic N) is 8. The van der Waals surface area contributed by atoms with Gasteiger partial charge in [-0.1, -0.05) is 22.9 Å². The minimum absolute atomic E-state index is 0.00137. The van der Waals surface area contributed by atoms with E-state index >= 15 is 0 Å². The molecule has 0 saturated carbocycles. The summed E-state index contributed by atoms with van der Waals surface area (Å²) in [5.74, 6) is -1.55. The van der Waals surface area contributed by atoms with Crippen LogP contribution in [0.25, 0.3) is 22.4 Å². The molecule has 1 N–H and O–H groups in total. The normalized spacial score (nSPS) is 16.5. The highest BCUT2D eigenvalue weighted by Gasteiger charge is 2.37. The average molecular weight is 701 g/mol. The van der Waals surface area contributed by atoms with E-state index in [-0.39, 0.29) is 36.2 Å². The molecule has 2 aliphatic heterocycles. The number of aliphatic carboxylic acids is 1. The maximum atomic E-state index is 14.3. The number of hydrogen-bond acceptors (Lipinski definition) is 9. The van der Waals surface area contributed by atoms with Crippen LogP contribution >= 0.6 is 11.6 Å². The summed E-state index contributed by atoms with van der Waals surface area (Å²) < 4.78 is 71.1. The van der Waals surface area contributed by atoms with Crippen LogP contribution in [-0.4, -0.2) is 69.7 Å². The van der Waals surface area contributed by atoms with Gasteiger partial charge in [0.15, 0.2) is 5.65 Å². The fourth-order valence-electron chi connectivity index (χ4n) is 5.82. The van der Waals surface area contributed by atoms with Gasteiger partial charge in [0.2, 0.25) is 5.88 Å². The molecule has 12 nitrogen and oxygen atoms in total. The molecule has 1 atom stereocenters. The molecule has 0 unspecified atom stereocenters. The van der Waals surface area contributed by atoms with Crippen molar-refractivity contribution in [3.8, 4) is 17.1 Å². The second-order valence-corrected chi connectivity index (χ2v) is 12.4. The van der Waals surface area contributed by atoms with Crippen LogP contribution in [0, 0.1) is 5.82 Å². The number of carboxylic acid groups (broad SMARTS) is 1. The second-order valence-electron chi connectivity index (χ2n) is 11.9. The Morgan fingerprint density at radius 1 is 1.18 bits per heavy atom. The molecule has 0 spiro atoms. The molecule has 1 fully saturated rings. The van der Waals surface area contributed by atoms with Crippen molar-refractivity contribution in [2.75, 3.05) is 13.2 Å². The third-order valence-corrected chi connectivity index (χ3v) is 8.74. The lowest BCUT2D eigenvalue weighted by Gasteiger charge is -2.30. The third-order valence-electron chi connectivity index (χ3n) is 8.51. The Kier molecular flexibility index (Phi) is 8.94. The van der Waals surface area contributed by atoms with Gasteiger partial charge < -0.3 is 19.1 Å². The SMILES string of the molecule is O=C(O)CCn1cc(-c2cnc3c(c2)nc(CN2CCc4cc(C(F)(F)F)c(OCc5ccc(Cl)cc5F)nc4C2)n3C[C@@H]2CCO2)nn1. The Morgan fingerprint density at radius 2 is 2.02 bits per heavy atom. The van der Waals surface area contributed by atoms with E-state index in [1.165, 1.54) is 16.8 Å². The van der Waals surface area contributed by atoms with E-state index in [9.17, 15) is 22.4 Å². The van der Waals surface area contributed by atoms with E-state index < -0.39 is 36.0 Å². The van der Waals surface area contributed by atoms with Crippen molar-refractivity contribution in [1.29, 1.82) is 0 Å². The molecule has 0 aliphatic carbocycles. The van der Waals surface area contributed by atoms with Crippen LogP contribution in [0.4, 0.5) is 17.6 Å². The largest absolute Gasteiger partial charge is 0.481 e. The number of fused-ring (bicyclic) bond motifs is 2. The van der Waals surface area contributed by atoms with Crippen LogP contribution in [0.1, 0.15) is 41.1 Å². The molecule has 1 saturated heterocycles. The maximum Gasteiger partial charge on any atom is 0.421 e. The first-order valence-corrected chi connectivity index (χ1v) is 15.9. The summed E-state index contributed by atoms with van der Waals surface area (Å²) in [7, 11) is 0. The lowest BCUT2D eigenvalue weighted by atomic mass is 10.0. The van der Waals surface area contributed by atoms with Gasteiger partial charge >= 0.3 is 12.1 Å². The topological polar surface area (TPSA) is 133 Å². The number of benzene rings is 1. The summed E-state index contributed by atoms with van der Waals surface area (Å²) in [5, 5.41) is 17.3. The third kappa shape index (κ3) is 7.21. The van der Waals surface area contributed by atoms with Gasteiger partial charge in [0.25, 0.3) is 0 Å². The lowest BCUT2D eigenvalue weighted by molar-refractivity contribution is -0.139. The van der Waals surface area contributed by atoms with Gasteiger partial charge in [0.1, 0.15) is 35.0 Å². The molecule has 0 bridgehead atoms. The van der Waals surface area contributed by atoms with E-state index in [0.717, 1.165) is 18.6 Å². The molecule has 49 heavy (non-hydrogen) atoms. The van der Waals surface area contributed by atoms with Crippen LogP contribution in [0.3, 0.4) is 0 Å². The first-order valence-electron chi connectivity index (χ1n) is 15.5. The lowest BCUT2D eigenvalue weighted by Crippen LogP contribution is -2.34. The summed E-state index contributed by atoms with van der Waals surface area (Å²) in [5.41, 5.74) is 2.37. The number of aryl methyl sites for hydroxylation is 1. The molecular weight excluding hydrogens is 672 g/mol. The van der Waals surface area contributed by atoms with Crippen molar-refractivity contribution in [3.05, 3.63) is 81.8 Å². The summed E-state index contributed by atoms with van der Waals surface area (Å²) in [6.07, 6.45) is -0.284. The number of alkyl halides is 3. The molecule has 4 aromatic heterocycles. The predicted octanol–water partition coefficient (Wildman–Crippen LogP) is 5.30. The molecule has 0 radical (unpaired) electrons. The van der Waals surface area contributed by atoms with Gasteiger partial charge in [-0.3, -0.25) is 14.4 Å². The summed E-state index contributed by atoms with van der Waals surface area (Å²) in [4.78, 5) is 26.9. The minimum atomic E-state index is -4.72. The predicted molar refractivity (Wildman–Crippen MR) is 166 cm³/mol. The first kappa shape index (κ1) is 32.9. The number of rotatable bonds is 11. The molecule has 6 heterocycles. The first-order chi connectivity index (χ1) is 23.5. The molecule has 256 valence electrons. The summed E-state index contributed by atoms with van der Waals surface area (Å²) in [6, 6.07) is 6.77. The van der Waals surface area contributed by atoms with Gasteiger partial charge in [-0.05, 0) is 42.7 Å². The van der Waals surface area contributed by atoms with E-state index in [0.29, 0.717) is 72.2 Å². The zero-order valence-corrected chi connectivity index (χ0v) is 26.6. The van der Waals surface area contributed by atoms with Crippen molar-refractivity contribution in [2.45, 2.75) is 64.3 Å². The van der Waals surface area contributed by atoms with Crippen LogP contribution in [-0.2, 0) is 54.9 Å². The van der Waals surface area contributed by atoms with Gasteiger partial charge in [0.05, 0.1) is 44.0 Å². The fourth-order valence-corrected chi connectivity index (χ4v) is 5.98. The zero-order valence-electron chi connectivity index (χ0n) is 25.8. The van der Waals surface area contributed by atoms with Crippen molar-refractivity contribution in [2.24, 2.45) is 0 Å². The minimum Gasteiger partial charge on any atom is -0.481 e. The molecule has 1 aromatic carbocycles. The number of carboxylic acids is 1. The zero-order chi connectivity index (χ0) is 34.3. The van der Waals surface area contributed by atoms with Crippen LogP contribution in [0.15, 0.2) is 42.7 Å². The second kappa shape index (κ2) is 13.3. The number of aromatic nitrogens is 7. The monoisotopic (exact) mass is 700 g/mol. The van der Waals surface area contributed by atoms with Gasteiger partial charge in [-0.2, -0.15) is 13.2 Å². The molecule has 17 heteroatoms. The number of hydrogen-bond donors (Lipinski definition) is 1. The van der Waals surface area contributed by atoms with Crippen LogP contribution in [0.2, 0.25) is 5.02 Å². The average Bonchev–Trinajstić information content (AvgIpc) is 3.64. The quantitative estimate of drug-likeness (QED) is 0.181.